The Bertz CT molecular complexity index is 700. The first-order valence-corrected chi connectivity index (χ1v) is 26.6. The summed E-state index contributed by atoms with van der Waals surface area (Å²) in [5.74, 6) is 0. The molecule has 0 rings (SSSR count). The summed E-state index contributed by atoms with van der Waals surface area (Å²) in [6, 6.07) is 0. The van der Waals surface area contributed by atoms with Crippen LogP contribution in [0.1, 0.15) is 297 Å². The van der Waals surface area contributed by atoms with Gasteiger partial charge in [-0.25, -0.2) is 0 Å². The molecule has 0 amide bonds. The molecule has 0 saturated carbocycles. The van der Waals surface area contributed by atoms with Gasteiger partial charge in [0.15, 0.2) is 0 Å². The van der Waals surface area contributed by atoms with Crippen LogP contribution < -0.4 is 0 Å². The van der Waals surface area contributed by atoms with Gasteiger partial charge in [0, 0.05) is 19.8 Å². The molecule has 0 aromatic carbocycles. The molecule has 0 aromatic heterocycles. The van der Waals surface area contributed by atoms with Crippen LogP contribution in [0.25, 0.3) is 0 Å². The van der Waals surface area contributed by atoms with E-state index in [0.29, 0.717) is 19.8 Å². The Morgan fingerprint density at radius 2 is 0.456 bits per heavy atom. The minimum atomic E-state index is -0.734. The third kappa shape index (κ3) is 45.2. The van der Waals surface area contributed by atoms with E-state index in [0.717, 1.165) is 32.5 Å². The molecule has 1 unspecified atom stereocenters. The van der Waals surface area contributed by atoms with Crippen molar-refractivity contribution in [3.8, 4) is 0 Å². The Labute approximate surface area is 360 Å². The Morgan fingerprint density at radius 3 is 0.667 bits per heavy atom. The highest BCUT2D eigenvalue weighted by Gasteiger charge is 2.31. The predicted molar refractivity (Wildman–Crippen MR) is 253 cm³/mol. The zero-order valence-electron chi connectivity index (χ0n) is 39.8. The Kier molecular flexibility index (Phi) is 50.1. The molecule has 57 heavy (non-hydrogen) atoms. The number of hydrogen-bond acceptors (Lipinski definition) is 4. The minimum Gasteiger partial charge on any atom is -0.393 e. The van der Waals surface area contributed by atoms with Gasteiger partial charge in [0.05, 0.1) is 19.8 Å². The molecule has 0 aliphatic rings. The van der Waals surface area contributed by atoms with Crippen LogP contribution in [0.3, 0.4) is 0 Å². The summed E-state index contributed by atoms with van der Waals surface area (Å²) < 4.78 is 18.8. The van der Waals surface area contributed by atoms with Crippen LogP contribution in [0.4, 0.5) is 0 Å². The third-order valence-corrected chi connectivity index (χ3v) is 12.5. The number of aliphatic hydroxyl groups is 1. The van der Waals surface area contributed by atoms with Crippen LogP contribution in [-0.4, -0.2) is 50.3 Å². The lowest BCUT2D eigenvalue weighted by Crippen LogP contribution is -2.46. The van der Waals surface area contributed by atoms with Gasteiger partial charge in [0.1, 0.15) is 5.60 Å². The molecule has 0 fully saturated rings. The lowest BCUT2D eigenvalue weighted by atomic mass is 10.0. The standard InChI is InChI=1S/C53H108O4/c1-4-7-10-13-16-19-22-25-28-30-33-36-39-42-45-48-56-52-53(50-54,57-49-46-43-40-37-34-31-27-24-21-18-15-12-9-6-3)51-55-47-44-41-38-35-32-29-26-23-20-17-14-11-8-5-2/h54H,4-52H2,1-3H3. The number of unbranched alkanes of at least 4 members (excludes halogenated alkanes) is 40. The summed E-state index contributed by atoms with van der Waals surface area (Å²) in [7, 11) is 0. The van der Waals surface area contributed by atoms with E-state index in [2.05, 4.69) is 20.8 Å². The first kappa shape index (κ1) is 56.8. The van der Waals surface area contributed by atoms with Crippen molar-refractivity contribution in [3.63, 3.8) is 0 Å². The molecule has 0 radical (unpaired) electrons. The lowest BCUT2D eigenvalue weighted by molar-refractivity contribution is -0.157. The van der Waals surface area contributed by atoms with Crippen molar-refractivity contribution in [1.29, 1.82) is 0 Å². The molecule has 1 N–H and O–H groups in total. The van der Waals surface area contributed by atoms with Gasteiger partial charge in [-0.1, -0.05) is 278 Å². The SMILES string of the molecule is CCCCCCCCCCCCCCCCCOCC(CO)(COCCCCCCCCCCCCCCCC)OCCCCCCCCCCCCCCCC. The van der Waals surface area contributed by atoms with Gasteiger partial charge in [0.2, 0.25) is 0 Å². The Morgan fingerprint density at radius 1 is 0.263 bits per heavy atom. The largest absolute Gasteiger partial charge is 0.393 e. The second-order valence-electron chi connectivity index (χ2n) is 18.4. The zero-order valence-corrected chi connectivity index (χ0v) is 39.8. The molecule has 0 aromatic rings. The van der Waals surface area contributed by atoms with Crippen LogP contribution in [0, 0.1) is 0 Å². The normalized spacial score (nSPS) is 12.8. The second-order valence-corrected chi connectivity index (χ2v) is 18.4. The number of rotatable bonds is 52. The van der Waals surface area contributed by atoms with Crippen LogP contribution in [0.15, 0.2) is 0 Å². The highest BCUT2D eigenvalue weighted by atomic mass is 16.6. The average molecular weight is 809 g/mol. The second kappa shape index (κ2) is 50.2. The van der Waals surface area contributed by atoms with E-state index in [-0.39, 0.29) is 6.61 Å². The maximum Gasteiger partial charge on any atom is 0.137 e. The molecule has 0 bridgehead atoms. The lowest BCUT2D eigenvalue weighted by Gasteiger charge is -2.32. The van der Waals surface area contributed by atoms with Gasteiger partial charge >= 0.3 is 0 Å². The van der Waals surface area contributed by atoms with Crippen LogP contribution >= 0.6 is 0 Å². The van der Waals surface area contributed by atoms with Crippen molar-refractivity contribution in [1.82, 2.24) is 0 Å². The van der Waals surface area contributed by atoms with Crippen molar-refractivity contribution in [2.24, 2.45) is 0 Å². The van der Waals surface area contributed by atoms with E-state index in [1.807, 2.05) is 0 Å². The van der Waals surface area contributed by atoms with E-state index in [9.17, 15) is 5.11 Å². The summed E-state index contributed by atoms with van der Waals surface area (Å²) in [6.45, 7) is 9.90. The molecule has 0 aliphatic heterocycles. The number of hydrogen-bond donors (Lipinski definition) is 1. The van der Waals surface area contributed by atoms with Crippen LogP contribution in [0.5, 0.6) is 0 Å². The maximum absolute atomic E-state index is 10.6. The maximum atomic E-state index is 10.6. The van der Waals surface area contributed by atoms with Gasteiger partial charge in [-0.05, 0) is 19.3 Å². The summed E-state index contributed by atoms with van der Waals surface area (Å²) in [5.41, 5.74) is -0.734. The zero-order chi connectivity index (χ0) is 41.3. The summed E-state index contributed by atoms with van der Waals surface area (Å²) in [6.07, 6.45) is 58.7. The van der Waals surface area contributed by atoms with Gasteiger partial charge < -0.3 is 19.3 Å². The van der Waals surface area contributed by atoms with Gasteiger partial charge in [0.25, 0.3) is 0 Å². The van der Waals surface area contributed by atoms with Gasteiger partial charge in [-0.15, -0.1) is 0 Å². The van der Waals surface area contributed by atoms with E-state index in [4.69, 9.17) is 14.2 Å². The molecule has 0 spiro atoms. The number of ether oxygens (including phenoxy) is 3. The highest BCUT2D eigenvalue weighted by Crippen LogP contribution is 2.19. The molecule has 4 heteroatoms. The molecular formula is C53H108O4. The fourth-order valence-corrected chi connectivity index (χ4v) is 8.34. The van der Waals surface area contributed by atoms with E-state index in [1.165, 1.54) is 257 Å². The quantitative estimate of drug-likeness (QED) is 0.0622. The smallest absolute Gasteiger partial charge is 0.137 e. The van der Waals surface area contributed by atoms with E-state index in [1.54, 1.807) is 0 Å². The first-order valence-electron chi connectivity index (χ1n) is 26.6. The average Bonchev–Trinajstić information content (AvgIpc) is 3.22. The summed E-state index contributed by atoms with van der Waals surface area (Å²) in [5, 5.41) is 10.6. The van der Waals surface area contributed by atoms with Crippen LogP contribution in [-0.2, 0) is 14.2 Å². The molecule has 4 nitrogen and oxygen atoms in total. The van der Waals surface area contributed by atoms with Crippen molar-refractivity contribution in [2.75, 3.05) is 39.6 Å². The van der Waals surface area contributed by atoms with Crippen LogP contribution in [0.2, 0.25) is 0 Å². The topological polar surface area (TPSA) is 47.9 Å². The van der Waals surface area contributed by atoms with Gasteiger partial charge in [-0.2, -0.15) is 0 Å². The van der Waals surface area contributed by atoms with Crippen molar-refractivity contribution in [3.05, 3.63) is 0 Å². The molecule has 344 valence electrons. The summed E-state index contributed by atoms with van der Waals surface area (Å²) >= 11 is 0. The highest BCUT2D eigenvalue weighted by molar-refractivity contribution is 4.80. The third-order valence-electron chi connectivity index (χ3n) is 12.5. The van der Waals surface area contributed by atoms with E-state index >= 15 is 0 Å². The molecular weight excluding hydrogens is 701 g/mol. The predicted octanol–water partition coefficient (Wildman–Crippen LogP) is 17.6. The first-order chi connectivity index (χ1) is 28.2. The van der Waals surface area contributed by atoms with Crippen molar-refractivity contribution >= 4 is 0 Å². The Balaban J connectivity index is 4.19. The molecule has 0 heterocycles. The minimum absolute atomic E-state index is 0.0385. The van der Waals surface area contributed by atoms with Crippen molar-refractivity contribution < 1.29 is 19.3 Å². The molecule has 0 saturated heterocycles. The summed E-state index contributed by atoms with van der Waals surface area (Å²) in [4.78, 5) is 0. The molecule has 0 aliphatic carbocycles. The van der Waals surface area contributed by atoms with E-state index < -0.39 is 5.60 Å². The van der Waals surface area contributed by atoms with Crippen molar-refractivity contribution in [2.45, 2.75) is 302 Å². The number of aliphatic hydroxyl groups excluding tert-OH is 1. The van der Waals surface area contributed by atoms with Gasteiger partial charge in [-0.3, -0.25) is 0 Å². The molecule has 1 atom stereocenters. The monoisotopic (exact) mass is 809 g/mol. The fraction of sp³-hybridized carbons (Fsp3) is 1.00. The fourth-order valence-electron chi connectivity index (χ4n) is 8.34. The Hall–Kier alpha value is -0.160.